The van der Waals surface area contributed by atoms with Crippen LogP contribution in [0.5, 0.6) is 0 Å². The first kappa shape index (κ1) is 17.1. The first-order valence-electron chi connectivity index (χ1n) is 6.71. The van der Waals surface area contributed by atoms with Crippen LogP contribution in [-0.2, 0) is 16.0 Å². The Morgan fingerprint density at radius 1 is 1.14 bits per heavy atom. The first-order chi connectivity index (χ1) is 9.85. The van der Waals surface area contributed by atoms with Crippen molar-refractivity contribution in [1.29, 1.82) is 0 Å². The van der Waals surface area contributed by atoms with E-state index in [4.69, 9.17) is 18.0 Å². The van der Waals surface area contributed by atoms with Crippen LogP contribution in [0.3, 0.4) is 0 Å². The Kier molecular flexibility index (Phi) is 6.30. The standard InChI is InChI=1S/C15H21N3O2S/c1-4-18(10-14(20)17(2)3)13(19)9-11-5-7-12(8-6-11)15(16)21/h5-8H,4,9-10H2,1-3H3,(H2,16,21). The van der Waals surface area contributed by atoms with Gasteiger partial charge in [0.2, 0.25) is 11.8 Å². The SMILES string of the molecule is CCN(CC(=O)N(C)C)C(=O)Cc1ccc(C(N)=S)cc1. The Labute approximate surface area is 130 Å². The van der Waals surface area contributed by atoms with Gasteiger partial charge in [-0.2, -0.15) is 0 Å². The van der Waals surface area contributed by atoms with Crippen LogP contribution >= 0.6 is 12.2 Å². The quantitative estimate of drug-likeness (QED) is 0.790. The minimum Gasteiger partial charge on any atom is -0.389 e. The zero-order valence-corrected chi connectivity index (χ0v) is 13.4. The molecule has 2 N–H and O–H groups in total. The normalized spacial score (nSPS) is 10.0. The van der Waals surface area contributed by atoms with Crippen LogP contribution in [0.25, 0.3) is 0 Å². The van der Waals surface area contributed by atoms with Crippen molar-refractivity contribution in [2.45, 2.75) is 13.3 Å². The van der Waals surface area contributed by atoms with Gasteiger partial charge in [-0.05, 0) is 12.5 Å². The second kappa shape index (κ2) is 7.73. The van der Waals surface area contributed by atoms with Crippen molar-refractivity contribution < 1.29 is 9.59 Å². The van der Waals surface area contributed by atoms with E-state index in [0.29, 0.717) is 11.5 Å². The molecule has 114 valence electrons. The fourth-order valence-corrected chi connectivity index (χ4v) is 1.89. The van der Waals surface area contributed by atoms with Gasteiger partial charge in [-0.3, -0.25) is 9.59 Å². The van der Waals surface area contributed by atoms with Gasteiger partial charge in [0.15, 0.2) is 0 Å². The van der Waals surface area contributed by atoms with Crippen LogP contribution in [0.4, 0.5) is 0 Å². The van der Waals surface area contributed by atoms with Gasteiger partial charge in [0.25, 0.3) is 0 Å². The molecule has 0 aliphatic rings. The van der Waals surface area contributed by atoms with E-state index in [1.54, 1.807) is 31.1 Å². The lowest BCUT2D eigenvalue weighted by atomic mass is 10.1. The summed E-state index contributed by atoms with van der Waals surface area (Å²) in [6.45, 7) is 2.47. The third kappa shape index (κ3) is 5.15. The molecule has 0 saturated carbocycles. The number of amides is 2. The molecule has 0 atom stereocenters. The van der Waals surface area contributed by atoms with E-state index in [0.717, 1.165) is 11.1 Å². The Balaban J connectivity index is 2.69. The third-order valence-electron chi connectivity index (χ3n) is 3.15. The highest BCUT2D eigenvalue weighted by Crippen LogP contribution is 2.07. The molecular weight excluding hydrogens is 286 g/mol. The fraction of sp³-hybridized carbons (Fsp3) is 0.400. The summed E-state index contributed by atoms with van der Waals surface area (Å²) in [6, 6.07) is 7.25. The zero-order chi connectivity index (χ0) is 16.0. The Hall–Kier alpha value is -1.95. The molecule has 0 radical (unpaired) electrons. The summed E-state index contributed by atoms with van der Waals surface area (Å²) >= 11 is 4.89. The highest BCUT2D eigenvalue weighted by molar-refractivity contribution is 7.80. The third-order valence-corrected chi connectivity index (χ3v) is 3.39. The number of thiocarbonyl (C=S) groups is 1. The number of nitrogens with zero attached hydrogens (tertiary/aromatic N) is 2. The van der Waals surface area contributed by atoms with E-state index < -0.39 is 0 Å². The van der Waals surface area contributed by atoms with Crippen LogP contribution in [0.2, 0.25) is 0 Å². The molecule has 1 rings (SSSR count). The summed E-state index contributed by atoms with van der Waals surface area (Å²) in [5, 5.41) is 0. The number of carbonyl (C=O) groups excluding carboxylic acids is 2. The first-order valence-corrected chi connectivity index (χ1v) is 7.12. The summed E-state index contributed by atoms with van der Waals surface area (Å²) in [7, 11) is 3.35. The minimum atomic E-state index is -0.0889. The van der Waals surface area contributed by atoms with Crippen molar-refractivity contribution in [1.82, 2.24) is 9.80 Å². The summed E-state index contributed by atoms with van der Waals surface area (Å²) in [4.78, 5) is 27.3. The Morgan fingerprint density at radius 2 is 1.71 bits per heavy atom. The molecule has 0 unspecified atom stereocenters. The zero-order valence-electron chi connectivity index (χ0n) is 12.6. The molecule has 5 nitrogen and oxygen atoms in total. The lowest BCUT2D eigenvalue weighted by molar-refractivity contribution is -0.138. The Bertz CT molecular complexity index is 526. The molecule has 0 aliphatic heterocycles. The second-order valence-electron chi connectivity index (χ2n) is 4.93. The highest BCUT2D eigenvalue weighted by atomic mass is 32.1. The van der Waals surface area contributed by atoms with Crippen molar-refractivity contribution in [2.75, 3.05) is 27.2 Å². The summed E-state index contributed by atoms with van der Waals surface area (Å²) in [6.07, 6.45) is 0.256. The minimum absolute atomic E-state index is 0.0734. The van der Waals surface area contributed by atoms with Crippen LogP contribution in [0.15, 0.2) is 24.3 Å². The monoisotopic (exact) mass is 307 g/mol. The van der Waals surface area contributed by atoms with Gasteiger partial charge in [0.1, 0.15) is 4.99 Å². The van der Waals surface area contributed by atoms with Gasteiger partial charge in [-0.25, -0.2) is 0 Å². The van der Waals surface area contributed by atoms with E-state index in [1.807, 2.05) is 19.1 Å². The number of rotatable bonds is 6. The van der Waals surface area contributed by atoms with Crippen molar-refractivity contribution in [3.8, 4) is 0 Å². The molecule has 0 bridgehead atoms. The van der Waals surface area contributed by atoms with Gasteiger partial charge < -0.3 is 15.5 Å². The van der Waals surface area contributed by atoms with Gasteiger partial charge in [-0.1, -0.05) is 36.5 Å². The van der Waals surface area contributed by atoms with Crippen molar-refractivity contribution in [3.63, 3.8) is 0 Å². The Morgan fingerprint density at radius 3 is 2.14 bits per heavy atom. The average Bonchev–Trinajstić information content (AvgIpc) is 2.44. The summed E-state index contributed by atoms with van der Waals surface area (Å²) < 4.78 is 0. The van der Waals surface area contributed by atoms with Gasteiger partial charge in [-0.15, -0.1) is 0 Å². The molecule has 0 aliphatic carbocycles. The lowest BCUT2D eigenvalue weighted by Crippen LogP contribution is -2.40. The summed E-state index contributed by atoms with van der Waals surface area (Å²) in [5.74, 6) is -0.162. The molecule has 0 aromatic heterocycles. The van der Waals surface area contributed by atoms with Crippen LogP contribution in [-0.4, -0.2) is 53.8 Å². The summed E-state index contributed by atoms with van der Waals surface area (Å²) in [5.41, 5.74) is 7.18. The molecule has 6 heteroatoms. The van der Waals surface area contributed by atoms with Crippen LogP contribution in [0.1, 0.15) is 18.1 Å². The molecule has 1 aromatic carbocycles. The molecule has 1 aromatic rings. The van der Waals surface area contributed by atoms with E-state index >= 15 is 0 Å². The van der Waals surface area contributed by atoms with E-state index in [9.17, 15) is 9.59 Å². The van der Waals surface area contributed by atoms with Crippen LogP contribution in [0, 0.1) is 0 Å². The molecule has 0 fully saturated rings. The maximum atomic E-state index is 12.2. The topological polar surface area (TPSA) is 66.6 Å². The largest absolute Gasteiger partial charge is 0.389 e. The molecule has 0 saturated heterocycles. The van der Waals surface area contributed by atoms with E-state index in [-0.39, 0.29) is 24.8 Å². The van der Waals surface area contributed by atoms with Gasteiger partial charge in [0.05, 0.1) is 13.0 Å². The number of benzene rings is 1. The molecule has 0 heterocycles. The number of nitrogens with two attached hydrogens (primary N) is 1. The van der Waals surface area contributed by atoms with Gasteiger partial charge >= 0.3 is 0 Å². The smallest absolute Gasteiger partial charge is 0.241 e. The number of hydrogen-bond acceptors (Lipinski definition) is 3. The van der Waals surface area contributed by atoms with E-state index in [1.165, 1.54) is 4.90 Å². The maximum Gasteiger partial charge on any atom is 0.241 e. The highest BCUT2D eigenvalue weighted by Gasteiger charge is 2.16. The predicted molar refractivity (Wildman–Crippen MR) is 87.0 cm³/mol. The fourth-order valence-electron chi connectivity index (χ4n) is 1.75. The molecular formula is C15H21N3O2S. The number of carbonyl (C=O) groups is 2. The van der Waals surface area contributed by atoms with Crippen LogP contribution < -0.4 is 5.73 Å². The van der Waals surface area contributed by atoms with Gasteiger partial charge in [0, 0.05) is 26.2 Å². The van der Waals surface area contributed by atoms with Crippen molar-refractivity contribution in [3.05, 3.63) is 35.4 Å². The number of likely N-dealkylation sites (N-methyl/N-ethyl adjacent to an activating group) is 2. The number of hydrogen-bond donors (Lipinski definition) is 1. The maximum absolute atomic E-state index is 12.2. The lowest BCUT2D eigenvalue weighted by Gasteiger charge is -2.22. The van der Waals surface area contributed by atoms with Crippen molar-refractivity contribution in [2.24, 2.45) is 5.73 Å². The average molecular weight is 307 g/mol. The van der Waals surface area contributed by atoms with E-state index in [2.05, 4.69) is 0 Å². The molecule has 0 spiro atoms. The van der Waals surface area contributed by atoms with Crippen molar-refractivity contribution >= 4 is 29.0 Å². The molecule has 2 amide bonds. The predicted octanol–water partition coefficient (Wildman–Crippen LogP) is 0.800. The second-order valence-corrected chi connectivity index (χ2v) is 5.37. The molecule has 21 heavy (non-hydrogen) atoms.